The summed E-state index contributed by atoms with van der Waals surface area (Å²) in [6, 6.07) is 9.53. The first-order chi connectivity index (χ1) is 7.99. The fraction of sp³-hybridized carbons (Fsp3) is 0. The lowest BCUT2D eigenvalue weighted by atomic mass is 10.1. The van der Waals surface area contributed by atoms with E-state index >= 15 is 0 Å². The first kappa shape index (κ1) is 13.6. The van der Waals surface area contributed by atoms with E-state index in [9.17, 15) is 5.11 Å². The fourth-order valence-corrected chi connectivity index (χ4v) is 3.63. The zero-order chi connectivity index (χ0) is 12.6. The van der Waals surface area contributed by atoms with Crippen molar-refractivity contribution in [2.45, 2.75) is 0 Å². The highest BCUT2D eigenvalue weighted by Crippen LogP contribution is 2.41. The van der Waals surface area contributed by atoms with Gasteiger partial charge in [-0.05, 0) is 45.8 Å². The minimum Gasteiger partial charge on any atom is -0.507 e. The third kappa shape index (κ3) is 2.95. The van der Waals surface area contributed by atoms with Gasteiger partial charge in [0.15, 0.2) is 0 Å². The summed E-state index contributed by atoms with van der Waals surface area (Å²) in [4.78, 5) is 0. The normalized spacial score (nSPS) is 10.6. The van der Waals surface area contributed by atoms with Gasteiger partial charge in [-0.15, -0.1) is 0 Å². The Balaban J connectivity index is 2.68. The summed E-state index contributed by atoms with van der Waals surface area (Å²) in [5.74, 6) is 0.212. The molecule has 17 heavy (non-hydrogen) atoms. The van der Waals surface area contributed by atoms with Crippen molar-refractivity contribution in [2.75, 3.05) is 0 Å². The average Bonchev–Trinajstić information content (AvgIpc) is 2.24. The second kappa shape index (κ2) is 5.43. The zero-order valence-corrected chi connectivity index (χ0v) is 14.7. The molecule has 0 amide bonds. The van der Waals surface area contributed by atoms with Crippen LogP contribution in [0, 0.1) is 0 Å². The third-order valence-corrected chi connectivity index (χ3v) is 4.68. The Morgan fingerprint density at radius 3 is 2.12 bits per heavy atom. The first-order valence-corrected chi connectivity index (χ1v) is 7.79. The van der Waals surface area contributed by atoms with Crippen molar-refractivity contribution >= 4 is 63.7 Å². The van der Waals surface area contributed by atoms with Crippen molar-refractivity contribution in [3.05, 3.63) is 48.2 Å². The van der Waals surface area contributed by atoms with Gasteiger partial charge in [0.1, 0.15) is 5.75 Å². The van der Waals surface area contributed by atoms with Gasteiger partial charge >= 0.3 is 0 Å². The van der Waals surface area contributed by atoms with Gasteiger partial charge in [-0.25, -0.2) is 0 Å². The molecule has 0 fully saturated rings. The molecule has 0 bridgehead atoms. The summed E-state index contributed by atoms with van der Waals surface area (Å²) < 4.78 is 3.49. The Bertz CT molecular complexity index is 581. The number of phenols is 1. The van der Waals surface area contributed by atoms with Crippen LogP contribution in [0.1, 0.15) is 0 Å². The second-order valence-electron chi connectivity index (χ2n) is 3.41. The molecule has 0 unspecified atom stereocenters. The molecule has 0 atom stereocenters. The highest BCUT2D eigenvalue weighted by atomic mass is 79.9. The number of phenolic OH excluding ortho intramolecular Hbond substituents is 1. The Labute approximate surface area is 133 Å². The standard InChI is InChI=1S/C12H6Br4O/c13-6-1-2-8(10(15)4-6)9-3-7(14)5-11(17)12(9)16/h1-5,17H. The predicted molar refractivity (Wildman–Crippen MR) is 84.3 cm³/mol. The van der Waals surface area contributed by atoms with Gasteiger partial charge < -0.3 is 5.11 Å². The van der Waals surface area contributed by atoms with Crippen LogP contribution < -0.4 is 0 Å². The molecule has 0 aliphatic carbocycles. The van der Waals surface area contributed by atoms with Gasteiger partial charge in [0.2, 0.25) is 0 Å². The molecule has 0 spiro atoms. The van der Waals surface area contributed by atoms with Crippen LogP contribution in [0.3, 0.4) is 0 Å². The molecular formula is C12H6Br4O. The van der Waals surface area contributed by atoms with Crippen molar-refractivity contribution in [3.8, 4) is 16.9 Å². The highest BCUT2D eigenvalue weighted by molar-refractivity contribution is 9.11. The number of hydrogen-bond donors (Lipinski definition) is 1. The Kier molecular flexibility index (Phi) is 4.34. The molecule has 1 N–H and O–H groups in total. The van der Waals surface area contributed by atoms with Crippen LogP contribution in [0.15, 0.2) is 48.2 Å². The van der Waals surface area contributed by atoms with Crippen LogP contribution in [-0.4, -0.2) is 5.11 Å². The summed E-state index contributed by atoms with van der Waals surface area (Å²) in [5, 5.41) is 9.79. The van der Waals surface area contributed by atoms with E-state index < -0.39 is 0 Å². The molecule has 2 rings (SSSR count). The number of benzene rings is 2. The van der Waals surface area contributed by atoms with Gasteiger partial charge in [-0.2, -0.15) is 0 Å². The largest absolute Gasteiger partial charge is 0.507 e. The number of aromatic hydroxyl groups is 1. The Hall–Kier alpha value is 0.160. The topological polar surface area (TPSA) is 20.2 Å². The smallest absolute Gasteiger partial charge is 0.131 e. The van der Waals surface area contributed by atoms with Gasteiger partial charge in [0.05, 0.1) is 4.47 Å². The maximum atomic E-state index is 9.79. The Morgan fingerprint density at radius 2 is 1.47 bits per heavy atom. The molecule has 2 aromatic rings. The summed E-state index contributed by atoms with van der Waals surface area (Å²) in [7, 11) is 0. The van der Waals surface area contributed by atoms with E-state index in [2.05, 4.69) is 63.7 Å². The lowest BCUT2D eigenvalue weighted by Crippen LogP contribution is -1.83. The molecule has 0 aromatic heterocycles. The number of rotatable bonds is 1. The zero-order valence-electron chi connectivity index (χ0n) is 8.35. The summed E-state index contributed by atoms with van der Waals surface area (Å²) in [6.45, 7) is 0. The molecule has 0 saturated heterocycles. The maximum Gasteiger partial charge on any atom is 0.131 e. The van der Waals surface area contributed by atoms with Crippen LogP contribution in [0.4, 0.5) is 0 Å². The fourth-order valence-electron chi connectivity index (χ4n) is 1.48. The van der Waals surface area contributed by atoms with E-state index in [-0.39, 0.29) is 5.75 Å². The van der Waals surface area contributed by atoms with Gasteiger partial charge in [0.25, 0.3) is 0 Å². The van der Waals surface area contributed by atoms with E-state index in [0.29, 0.717) is 4.47 Å². The molecule has 5 heteroatoms. The molecule has 88 valence electrons. The predicted octanol–water partition coefficient (Wildman–Crippen LogP) is 6.11. The summed E-state index contributed by atoms with van der Waals surface area (Å²) >= 11 is 13.7. The van der Waals surface area contributed by atoms with Crippen molar-refractivity contribution in [3.63, 3.8) is 0 Å². The first-order valence-electron chi connectivity index (χ1n) is 4.62. The van der Waals surface area contributed by atoms with Crippen LogP contribution in [0.2, 0.25) is 0 Å². The van der Waals surface area contributed by atoms with Crippen LogP contribution >= 0.6 is 63.7 Å². The van der Waals surface area contributed by atoms with Crippen LogP contribution in [0.25, 0.3) is 11.1 Å². The molecule has 0 heterocycles. The molecule has 0 aliphatic heterocycles. The molecule has 0 radical (unpaired) electrons. The van der Waals surface area contributed by atoms with Gasteiger partial charge in [0, 0.05) is 19.0 Å². The average molecular weight is 486 g/mol. The monoisotopic (exact) mass is 482 g/mol. The number of halogens is 4. The summed E-state index contributed by atoms with van der Waals surface area (Å²) in [5.41, 5.74) is 1.94. The summed E-state index contributed by atoms with van der Waals surface area (Å²) in [6.07, 6.45) is 0. The van der Waals surface area contributed by atoms with Gasteiger partial charge in [-0.3, -0.25) is 0 Å². The molecule has 2 aromatic carbocycles. The van der Waals surface area contributed by atoms with E-state index in [0.717, 1.165) is 24.5 Å². The third-order valence-electron chi connectivity index (χ3n) is 2.24. The molecule has 1 nitrogen and oxygen atoms in total. The van der Waals surface area contributed by atoms with Crippen molar-refractivity contribution in [1.82, 2.24) is 0 Å². The minimum atomic E-state index is 0.212. The number of hydrogen-bond acceptors (Lipinski definition) is 1. The SMILES string of the molecule is Oc1cc(Br)cc(-c2ccc(Br)cc2Br)c1Br. The molecular weight excluding hydrogens is 480 g/mol. The van der Waals surface area contributed by atoms with E-state index in [1.165, 1.54) is 0 Å². The van der Waals surface area contributed by atoms with Crippen molar-refractivity contribution in [1.29, 1.82) is 0 Å². The van der Waals surface area contributed by atoms with Crippen molar-refractivity contribution in [2.24, 2.45) is 0 Å². The van der Waals surface area contributed by atoms with Crippen LogP contribution in [0.5, 0.6) is 5.75 Å². The second-order valence-corrected chi connectivity index (χ2v) is 6.89. The van der Waals surface area contributed by atoms with E-state index in [1.54, 1.807) is 6.07 Å². The lowest BCUT2D eigenvalue weighted by molar-refractivity contribution is 0.472. The quantitative estimate of drug-likeness (QED) is 0.517. The maximum absolute atomic E-state index is 9.79. The minimum absolute atomic E-state index is 0.212. The van der Waals surface area contributed by atoms with Crippen LogP contribution in [-0.2, 0) is 0 Å². The van der Waals surface area contributed by atoms with Gasteiger partial charge in [-0.1, -0.05) is 53.9 Å². The van der Waals surface area contributed by atoms with E-state index in [4.69, 9.17) is 0 Å². The Morgan fingerprint density at radius 1 is 0.765 bits per heavy atom. The highest BCUT2D eigenvalue weighted by Gasteiger charge is 2.11. The lowest BCUT2D eigenvalue weighted by Gasteiger charge is -2.10. The van der Waals surface area contributed by atoms with E-state index in [1.807, 2.05) is 24.3 Å². The molecule has 0 saturated carbocycles. The molecule has 0 aliphatic rings. The van der Waals surface area contributed by atoms with Crippen molar-refractivity contribution < 1.29 is 5.11 Å².